The zero-order chi connectivity index (χ0) is 30.0. The number of aromatic nitrogens is 1. The second-order valence-corrected chi connectivity index (χ2v) is 12.0. The van der Waals surface area contributed by atoms with E-state index in [-0.39, 0.29) is 5.41 Å². The van der Waals surface area contributed by atoms with Crippen LogP contribution in [-0.2, 0) is 18.6 Å². The number of aromatic carboxylic acids is 1. The van der Waals surface area contributed by atoms with E-state index < -0.39 is 5.97 Å². The Morgan fingerprint density at radius 1 is 0.698 bits per heavy atom. The number of carboxylic acids is 1. The first-order valence-corrected chi connectivity index (χ1v) is 14.6. The quantitative estimate of drug-likeness (QED) is 0.200. The molecule has 1 aromatic heterocycles. The highest BCUT2D eigenvalue weighted by Gasteiger charge is 2.24. The summed E-state index contributed by atoms with van der Waals surface area (Å²) < 4.78 is 7.90. The molecule has 0 aliphatic heterocycles. The number of fused-ring (bicyclic) bond motifs is 1. The number of carboxylic acid groups (broad SMARTS) is 1. The van der Waals surface area contributed by atoms with Gasteiger partial charge in [0.1, 0.15) is 18.1 Å². The van der Waals surface area contributed by atoms with Gasteiger partial charge < -0.3 is 14.4 Å². The van der Waals surface area contributed by atoms with E-state index in [1.807, 2.05) is 77.4 Å². The van der Waals surface area contributed by atoms with Crippen LogP contribution < -0.4 is 4.74 Å². The molecule has 214 valence electrons. The number of para-hydroxylation sites is 1. The van der Waals surface area contributed by atoms with Gasteiger partial charge >= 0.3 is 5.97 Å². The Morgan fingerprint density at radius 3 is 2.05 bits per heavy atom. The summed E-state index contributed by atoms with van der Waals surface area (Å²) in [6.45, 7) is 7.50. The molecule has 0 saturated heterocycles. The van der Waals surface area contributed by atoms with Crippen molar-refractivity contribution in [3.05, 3.63) is 150 Å². The van der Waals surface area contributed by atoms with Gasteiger partial charge in [-0.15, -0.1) is 0 Å². The second kappa shape index (κ2) is 11.7. The van der Waals surface area contributed by atoms with Crippen LogP contribution in [0.15, 0.2) is 127 Å². The fourth-order valence-electron chi connectivity index (χ4n) is 5.64. The van der Waals surface area contributed by atoms with Crippen LogP contribution in [0.2, 0.25) is 0 Å². The van der Waals surface area contributed by atoms with Gasteiger partial charge in [-0.3, -0.25) is 0 Å². The molecule has 0 bridgehead atoms. The van der Waals surface area contributed by atoms with Gasteiger partial charge in [0.15, 0.2) is 0 Å². The maximum absolute atomic E-state index is 12.8. The van der Waals surface area contributed by atoms with Crippen molar-refractivity contribution in [1.82, 2.24) is 4.57 Å². The molecular formula is C39H35NO3. The number of ether oxygens (including phenoxy) is 1. The molecule has 43 heavy (non-hydrogen) atoms. The minimum Gasteiger partial charge on any atom is -0.489 e. The Bertz CT molecular complexity index is 1880. The molecule has 0 spiro atoms. The van der Waals surface area contributed by atoms with E-state index in [0.29, 0.717) is 18.8 Å². The van der Waals surface area contributed by atoms with E-state index in [0.717, 1.165) is 50.0 Å². The highest BCUT2D eigenvalue weighted by molar-refractivity contribution is 6.08. The van der Waals surface area contributed by atoms with Crippen molar-refractivity contribution >= 4 is 16.9 Å². The van der Waals surface area contributed by atoms with Crippen LogP contribution in [0.1, 0.15) is 48.0 Å². The smallest absolute Gasteiger partial charge is 0.353 e. The predicted octanol–water partition coefficient (Wildman–Crippen LogP) is 9.60. The van der Waals surface area contributed by atoms with Crippen LogP contribution in [0.25, 0.3) is 33.2 Å². The van der Waals surface area contributed by atoms with E-state index in [1.54, 1.807) is 0 Å². The van der Waals surface area contributed by atoms with Crippen LogP contribution in [0, 0.1) is 0 Å². The Hall–Kier alpha value is -5.09. The average molecular weight is 566 g/mol. The lowest BCUT2D eigenvalue weighted by atomic mass is 9.86. The number of rotatable bonds is 8. The molecule has 6 rings (SSSR count). The van der Waals surface area contributed by atoms with E-state index in [1.165, 1.54) is 5.56 Å². The highest BCUT2D eigenvalue weighted by Crippen LogP contribution is 2.37. The number of benzene rings is 5. The third kappa shape index (κ3) is 5.96. The molecule has 0 fully saturated rings. The van der Waals surface area contributed by atoms with Gasteiger partial charge in [-0.2, -0.15) is 0 Å². The van der Waals surface area contributed by atoms with E-state index in [9.17, 15) is 9.90 Å². The van der Waals surface area contributed by atoms with Crippen molar-refractivity contribution in [3.8, 4) is 28.0 Å². The molecule has 4 nitrogen and oxygen atoms in total. The zero-order valence-electron chi connectivity index (χ0n) is 24.7. The number of nitrogens with zero attached hydrogens (tertiary/aromatic N) is 1. The van der Waals surface area contributed by atoms with Gasteiger partial charge in [0, 0.05) is 23.0 Å². The fraction of sp³-hybridized carbons (Fsp3) is 0.154. The van der Waals surface area contributed by atoms with Crippen molar-refractivity contribution in [2.24, 2.45) is 0 Å². The normalized spacial score (nSPS) is 11.5. The predicted molar refractivity (Wildman–Crippen MR) is 175 cm³/mol. The summed E-state index contributed by atoms with van der Waals surface area (Å²) >= 11 is 0. The molecule has 0 radical (unpaired) electrons. The van der Waals surface area contributed by atoms with Crippen LogP contribution in [0.5, 0.6) is 5.75 Å². The molecule has 1 N–H and O–H groups in total. The average Bonchev–Trinajstić information content (AvgIpc) is 3.35. The summed E-state index contributed by atoms with van der Waals surface area (Å²) in [6.07, 6.45) is 0. The highest BCUT2D eigenvalue weighted by atomic mass is 16.5. The first-order chi connectivity index (χ1) is 20.8. The van der Waals surface area contributed by atoms with Gasteiger partial charge in [-0.05, 0) is 63.1 Å². The molecular weight excluding hydrogens is 530 g/mol. The van der Waals surface area contributed by atoms with Crippen LogP contribution in [0.3, 0.4) is 0 Å². The SMILES string of the molecule is CC(C)(C)c1ccc(-c2c(C(=O)O)n(Cc3cccc(-c4ccc(OCc5ccccc5)cc4)c3)c3ccccc23)cc1. The molecule has 5 aromatic carbocycles. The lowest BCUT2D eigenvalue weighted by Crippen LogP contribution is -2.11. The van der Waals surface area contributed by atoms with Gasteiger partial charge in [-0.1, -0.05) is 124 Å². The van der Waals surface area contributed by atoms with Crippen LogP contribution in [-0.4, -0.2) is 15.6 Å². The Morgan fingerprint density at radius 2 is 1.35 bits per heavy atom. The van der Waals surface area contributed by atoms with Gasteiger partial charge in [0.2, 0.25) is 0 Å². The summed E-state index contributed by atoms with van der Waals surface area (Å²) in [5.41, 5.74) is 8.39. The van der Waals surface area contributed by atoms with Gasteiger partial charge in [-0.25, -0.2) is 4.79 Å². The molecule has 0 aliphatic rings. The molecule has 6 aromatic rings. The largest absolute Gasteiger partial charge is 0.489 e. The van der Waals surface area contributed by atoms with E-state index in [4.69, 9.17) is 4.74 Å². The Balaban J connectivity index is 1.31. The Kier molecular flexibility index (Phi) is 7.60. The third-order valence-corrected chi connectivity index (χ3v) is 7.92. The van der Waals surface area contributed by atoms with E-state index in [2.05, 4.69) is 75.4 Å². The summed E-state index contributed by atoms with van der Waals surface area (Å²) in [5, 5.41) is 11.4. The standard InChI is InChI=1S/C39H35NO3/c1-39(2,3)32-20-16-30(17-21-32)36-34-14-7-8-15-35(34)40(37(36)38(41)42)25-28-12-9-13-31(24-28)29-18-22-33(23-19-29)43-26-27-10-5-4-6-11-27/h4-24H,25-26H2,1-3H3,(H,41,42). The molecule has 0 aliphatic carbocycles. The molecule has 4 heteroatoms. The molecule has 0 unspecified atom stereocenters. The minimum absolute atomic E-state index is 0.0165. The first-order valence-electron chi connectivity index (χ1n) is 14.6. The third-order valence-electron chi connectivity index (χ3n) is 7.92. The lowest BCUT2D eigenvalue weighted by Gasteiger charge is -2.19. The summed E-state index contributed by atoms with van der Waals surface area (Å²) in [5.74, 6) is -0.120. The summed E-state index contributed by atoms with van der Waals surface area (Å²) in [4.78, 5) is 12.8. The number of hydrogen-bond acceptors (Lipinski definition) is 2. The van der Waals surface area contributed by atoms with Crippen LogP contribution >= 0.6 is 0 Å². The molecule has 0 atom stereocenters. The maximum atomic E-state index is 12.8. The van der Waals surface area contributed by atoms with Gasteiger partial charge in [0.05, 0.1) is 0 Å². The number of hydrogen-bond donors (Lipinski definition) is 1. The van der Waals surface area contributed by atoms with Crippen molar-refractivity contribution in [1.29, 1.82) is 0 Å². The summed E-state index contributed by atoms with van der Waals surface area (Å²) in [6, 6.07) is 42.8. The van der Waals surface area contributed by atoms with Crippen molar-refractivity contribution in [3.63, 3.8) is 0 Å². The monoisotopic (exact) mass is 565 g/mol. The number of carbonyl (C=O) groups is 1. The Labute approximate surface area is 252 Å². The van der Waals surface area contributed by atoms with E-state index >= 15 is 0 Å². The lowest BCUT2D eigenvalue weighted by molar-refractivity contribution is 0.0687. The molecule has 0 amide bonds. The zero-order valence-corrected chi connectivity index (χ0v) is 24.7. The summed E-state index contributed by atoms with van der Waals surface area (Å²) in [7, 11) is 0. The molecule has 1 heterocycles. The van der Waals surface area contributed by atoms with Crippen LogP contribution in [0.4, 0.5) is 0 Å². The van der Waals surface area contributed by atoms with Gasteiger partial charge in [0.25, 0.3) is 0 Å². The molecule has 0 saturated carbocycles. The van der Waals surface area contributed by atoms with Crippen molar-refractivity contribution < 1.29 is 14.6 Å². The minimum atomic E-state index is -0.937. The maximum Gasteiger partial charge on any atom is 0.353 e. The first kappa shape index (κ1) is 28.0. The topological polar surface area (TPSA) is 51.5 Å². The van der Waals surface area contributed by atoms with Crippen molar-refractivity contribution in [2.75, 3.05) is 0 Å². The second-order valence-electron chi connectivity index (χ2n) is 12.0. The fourth-order valence-corrected chi connectivity index (χ4v) is 5.64. The van der Waals surface area contributed by atoms with Crippen molar-refractivity contribution in [2.45, 2.75) is 39.3 Å².